The van der Waals surface area contributed by atoms with E-state index in [4.69, 9.17) is 15.9 Å². The van der Waals surface area contributed by atoms with Gasteiger partial charge in [-0.25, -0.2) is 0 Å². The molecule has 0 saturated carbocycles. The Morgan fingerprint density at radius 1 is 1.16 bits per heavy atom. The highest BCUT2D eigenvalue weighted by Gasteiger charge is 2.35. The minimum absolute atomic E-state index is 0.0129. The molecule has 1 saturated heterocycles. The molecule has 2 aromatic carbocycles. The molecule has 0 radical (unpaired) electrons. The minimum atomic E-state index is -0.0129. The van der Waals surface area contributed by atoms with Crippen LogP contribution in [0.15, 0.2) is 42.5 Å². The average molecular weight is 419 g/mol. The summed E-state index contributed by atoms with van der Waals surface area (Å²) >= 11 is 0. The van der Waals surface area contributed by atoms with Crippen molar-refractivity contribution in [2.45, 2.75) is 37.8 Å². The first kappa shape index (κ1) is 21.3. The summed E-state index contributed by atoms with van der Waals surface area (Å²) in [4.78, 5) is 17.6. The molecular formula is C26H30N2O3. The Bertz CT molecular complexity index is 981. The topological polar surface area (TPSA) is 42.0 Å². The molecule has 1 fully saturated rings. The lowest BCUT2D eigenvalue weighted by molar-refractivity contribution is -0.133. The molecule has 162 valence electrons. The van der Waals surface area contributed by atoms with Gasteiger partial charge in [0.05, 0.1) is 33.4 Å². The van der Waals surface area contributed by atoms with E-state index < -0.39 is 0 Å². The highest BCUT2D eigenvalue weighted by atomic mass is 16.5. The van der Waals surface area contributed by atoms with Gasteiger partial charge in [-0.05, 0) is 55.0 Å². The molecule has 2 aromatic rings. The molecule has 2 atom stereocenters. The van der Waals surface area contributed by atoms with Gasteiger partial charge >= 0.3 is 0 Å². The van der Waals surface area contributed by atoms with E-state index in [0.29, 0.717) is 13.1 Å². The van der Waals surface area contributed by atoms with Gasteiger partial charge in [-0.3, -0.25) is 9.69 Å². The fourth-order valence-electron chi connectivity index (χ4n) is 5.06. The van der Waals surface area contributed by atoms with Crippen molar-refractivity contribution >= 4 is 5.91 Å². The van der Waals surface area contributed by atoms with Gasteiger partial charge in [0.25, 0.3) is 0 Å². The number of fused-ring (bicyclic) bond motifs is 1. The Kier molecular flexibility index (Phi) is 6.48. The lowest BCUT2D eigenvalue weighted by Crippen LogP contribution is -2.41. The predicted molar refractivity (Wildman–Crippen MR) is 121 cm³/mol. The lowest BCUT2D eigenvalue weighted by atomic mass is 10.0. The molecular weight excluding hydrogens is 388 g/mol. The molecule has 2 aliphatic rings. The van der Waals surface area contributed by atoms with Crippen molar-refractivity contribution in [1.82, 2.24) is 9.80 Å². The number of methoxy groups -OCH3 is 2. The third-order valence-corrected chi connectivity index (χ3v) is 6.54. The molecule has 31 heavy (non-hydrogen) atoms. The Hall–Kier alpha value is -2.97. The summed E-state index contributed by atoms with van der Waals surface area (Å²) in [6.45, 7) is 1.53. The maximum atomic E-state index is 13.5. The van der Waals surface area contributed by atoms with Crippen LogP contribution >= 0.6 is 0 Å². The summed E-state index contributed by atoms with van der Waals surface area (Å²) in [6.07, 6.45) is 9.60. The highest BCUT2D eigenvalue weighted by Crippen LogP contribution is 2.40. The van der Waals surface area contributed by atoms with Crippen LogP contribution in [0.25, 0.3) is 0 Å². The molecule has 0 bridgehead atoms. The SMILES string of the molecule is C#CCN(CC(=O)N1CCCC1c1cc(OC)ccc1OC)C1CCc2ccccc21. The smallest absolute Gasteiger partial charge is 0.237 e. The van der Waals surface area contributed by atoms with Crippen molar-refractivity contribution in [1.29, 1.82) is 0 Å². The zero-order valence-electron chi connectivity index (χ0n) is 18.3. The van der Waals surface area contributed by atoms with Crippen LogP contribution in [0.4, 0.5) is 0 Å². The maximum Gasteiger partial charge on any atom is 0.237 e. The summed E-state index contributed by atoms with van der Waals surface area (Å²) < 4.78 is 11.0. The number of ether oxygens (including phenoxy) is 2. The van der Waals surface area contributed by atoms with E-state index >= 15 is 0 Å². The maximum absolute atomic E-state index is 13.5. The molecule has 1 amide bonds. The molecule has 5 nitrogen and oxygen atoms in total. The Balaban J connectivity index is 1.55. The van der Waals surface area contributed by atoms with E-state index in [0.717, 1.165) is 49.3 Å². The summed E-state index contributed by atoms with van der Waals surface area (Å²) in [7, 11) is 3.32. The Labute approximate surface area is 184 Å². The molecule has 0 aromatic heterocycles. The van der Waals surface area contributed by atoms with E-state index in [1.54, 1.807) is 14.2 Å². The second-order valence-corrected chi connectivity index (χ2v) is 8.22. The highest BCUT2D eigenvalue weighted by molar-refractivity contribution is 5.79. The van der Waals surface area contributed by atoms with Gasteiger partial charge in [0, 0.05) is 18.2 Å². The summed E-state index contributed by atoms with van der Waals surface area (Å²) in [5.74, 6) is 4.44. The van der Waals surface area contributed by atoms with Crippen LogP contribution in [0.3, 0.4) is 0 Å². The first-order valence-electron chi connectivity index (χ1n) is 10.9. The zero-order valence-corrected chi connectivity index (χ0v) is 18.3. The predicted octanol–water partition coefficient (Wildman–Crippen LogP) is 3.99. The van der Waals surface area contributed by atoms with Crippen LogP contribution in [0.1, 0.15) is 48.0 Å². The number of carbonyl (C=O) groups is 1. The minimum Gasteiger partial charge on any atom is -0.497 e. The molecule has 1 aliphatic heterocycles. The lowest BCUT2D eigenvalue weighted by Gasteiger charge is -2.32. The molecule has 2 unspecified atom stereocenters. The summed E-state index contributed by atoms with van der Waals surface area (Å²) in [5.41, 5.74) is 3.67. The second-order valence-electron chi connectivity index (χ2n) is 8.22. The number of rotatable bonds is 7. The van der Waals surface area contributed by atoms with Gasteiger partial charge in [-0.15, -0.1) is 6.42 Å². The molecule has 1 heterocycles. The average Bonchev–Trinajstić information content (AvgIpc) is 3.45. The summed E-state index contributed by atoms with van der Waals surface area (Å²) in [6, 6.07) is 14.5. The van der Waals surface area contributed by atoms with Crippen LogP contribution in [-0.4, -0.2) is 49.6 Å². The van der Waals surface area contributed by atoms with Gasteiger partial charge in [-0.1, -0.05) is 30.2 Å². The number of aryl methyl sites for hydroxylation is 1. The number of nitrogens with zero attached hydrogens (tertiary/aromatic N) is 2. The molecule has 1 aliphatic carbocycles. The van der Waals surface area contributed by atoms with Gasteiger partial charge in [0.1, 0.15) is 11.5 Å². The number of likely N-dealkylation sites (tertiary alicyclic amines) is 1. The van der Waals surface area contributed by atoms with Crippen molar-refractivity contribution < 1.29 is 14.3 Å². The van der Waals surface area contributed by atoms with Gasteiger partial charge < -0.3 is 14.4 Å². The van der Waals surface area contributed by atoms with Gasteiger partial charge in [-0.2, -0.15) is 0 Å². The molecule has 5 heteroatoms. The number of benzene rings is 2. The quantitative estimate of drug-likeness (QED) is 0.638. The van der Waals surface area contributed by atoms with Crippen molar-refractivity contribution in [3.8, 4) is 23.8 Å². The zero-order chi connectivity index (χ0) is 21.8. The van der Waals surface area contributed by atoms with Crippen LogP contribution in [-0.2, 0) is 11.2 Å². The number of terminal acetylenes is 1. The fourth-order valence-corrected chi connectivity index (χ4v) is 5.06. The monoisotopic (exact) mass is 418 g/mol. The second kappa shape index (κ2) is 9.45. The summed E-state index contributed by atoms with van der Waals surface area (Å²) in [5, 5.41) is 0. The van der Waals surface area contributed by atoms with E-state index in [2.05, 4.69) is 35.1 Å². The van der Waals surface area contributed by atoms with Crippen molar-refractivity contribution in [2.24, 2.45) is 0 Å². The van der Waals surface area contributed by atoms with Crippen LogP contribution < -0.4 is 9.47 Å². The standard InChI is InChI=1S/C26H30N2O3/c1-4-15-27(23-13-11-19-8-5-6-9-21(19)23)18-26(29)28-16-7-10-24(28)22-17-20(30-2)12-14-25(22)31-3/h1,5-6,8-9,12,14,17,23-24H,7,10-11,13,15-16,18H2,2-3H3. The van der Waals surface area contributed by atoms with Crippen molar-refractivity contribution in [3.63, 3.8) is 0 Å². The normalized spacial score (nSPS) is 19.9. The van der Waals surface area contributed by atoms with Gasteiger partial charge in [0.2, 0.25) is 5.91 Å². The number of amides is 1. The van der Waals surface area contributed by atoms with E-state index in [-0.39, 0.29) is 18.0 Å². The Morgan fingerprint density at radius 2 is 2.00 bits per heavy atom. The molecule has 0 N–H and O–H groups in total. The number of hydrogen-bond acceptors (Lipinski definition) is 4. The van der Waals surface area contributed by atoms with Crippen molar-refractivity contribution in [2.75, 3.05) is 33.9 Å². The van der Waals surface area contributed by atoms with Crippen LogP contribution in [0, 0.1) is 12.3 Å². The Morgan fingerprint density at radius 3 is 2.77 bits per heavy atom. The first-order chi connectivity index (χ1) is 15.2. The number of hydrogen-bond donors (Lipinski definition) is 0. The van der Waals surface area contributed by atoms with Crippen LogP contribution in [0.2, 0.25) is 0 Å². The third-order valence-electron chi connectivity index (χ3n) is 6.54. The van der Waals surface area contributed by atoms with E-state index in [9.17, 15) is 4.79 Å². The third kappa shape index (κ3) is 4.26. The van der Waals surface area contributed by atoms with E-state index in [1.165, 1.54) is 11.1 Å². The van der Waals surface area contributed by atoms with Crippen molar-refractivity contribution in [3.05, 3.63) is 59.2 Å². The number of carbonyl (C=O) groups excluding carboxylic acids is 1. The first-order valence-corrected chi connectivity index (χ1v) is 10.9. The molecule has 0 spiro atoms. The van der Waals surface area contributed by atoms with E-state index in [1.807, 2.05) is 23.1 Å². The van der Waals surface area contributed by atoms with Gasteiger partial charge in [0.15, 0.2) is 0 Å². The fraction of sp³-hybridized carbons (Fsp3) is 0.423. The largest absolute Gasteiger partial charge is 0.497 e. The molecule has 4 rings (SSSR count). The van der Waals surface area contributed by atoms with Crippen LogP contribution in [0.5, 0.6) is 11.5 Å².